The second-order valence-corrected chi connectivity index (χ2v) is 4.32. The van der Waals surface area contributed by atoms with Gasteiger partial charge >= 0.3 is 0 Å². The summed E-state index contributed by atoms with van der Waals surface area (Å²) < 4.78 is 1.70. The molecule has 0 amide bonds. The molecule has 0 spiro atoms. The smallest absolute Gasteiger partial charge is 0.0837 e. The standard InChI is InChI=1S/C11H11Cl2N3/c1-16-6-5-9(15-16)11(14)7-3-2-4-8(12)10(7)13/h2-6,11H,14H2,1H3. The molecule has 0 saturated carbocycles. The lowest BCUT2D eigenvalue weighted by molar-refractivity contribution is 0.716. The molecule has 1 unspecified atom stereocenters. The molecule has 0 saturated heterocycles. The average molecular weight is 256 g/mol. The maximum absolute atomic E-state index is 6.10. The van der Waals surface area contributed by atoms with E-state index in [1.807, 2.05) is 31.4 Å². The molecule has 1 aromatic heterocycles. The van der Waals surface area contributed by atoms with Crippen LogP contribution in [0, 0.1) is 0 Å². The van der Waals surface area contributed by atoms with Crippen molar-refractivity contribution >= 4 is 23.2 Å². The molecule has 0 aliphatic rings. The molecule has 16 heavy (non-hydrogen) atoms. The number of hydrogen-bond donors (Lipinski definition) is 1. The van der Waals surface area contributed by atoms with Crippen LogP contribution in [0.3, 0.4) is 0 Å². The summed E-state index contributed by atoms with van der Waals surface area (Å²) in [5, 5.41) is 5.24. The highest BCUT2D eigenvalue weighted by Crippen LogP contribution is 2.31. The molecule has 1 aromatic carbocycles. The minimum absolute atomic E-state index is 0.354. The Kier molecular flexibility index (Phi) is 3.19. The van der Waals surface area contributed by atoms with Gasteiger partial charge < -0.3 is 5.73 Å². The Hall–Kier alpha value is -1.03. The highest BCUT2D eigenvalue weighted by molar-refractivity contribution is 6.42. The van der Waals surface area contributed by atoms with Gasteiger partial charge in [0.2, 0.25) is 0 Å². The van der Waals surface area contributed by atoms with Crippen molar-refractivity contribution in [3.63, 3.8) is 0 Å². The van der Waals surface area contributed by atoms with Gasteiger partial charge in [-0.15, -0.1) is 0 Å². The summed E-state index contributed by atoms with van der Waals surface area (Å²) in [6.07, 6.45) is 1.84. The predicted molar refractivity (Wildman–Crippen MR) is 65.7 cm³/mol. The van der Waals surface area contributed by atoms with E-state index in [1.54, 1.807) is 10.7 Å². The van der Waals surface area contributed by atoms with E-state index in [9.17, 15) is 0 Å². The highest BCUT2D eigenvalue weighted by atomic mass is 35.5. The second-order valence-electron chi connectivity index (χ2n) is 3.53. The first kappa shape index (κ1) is 11.5. The third-order valence-corrected chi connectivity index (χ3v) is 3.20. The zero-order valence-electron chi connectivity index (χ0n) is 8.69. The lowest BCUT2D eigenvalue weighted by Gasteiger charge is -2.11. The molecule has 0 aliphatic carbocycles. The molecule has 0 radical (unpaired) electrons. The summed E-state index contributed by atoms with van der Waals surface area (Å²) in [6, 6.07) is 6.92. The summed E-state index contributed by atoms with van der Waals surface area (Å²) in [6.45, 7) is 0. The first-order valence-corrected chi connectivity index (χ1v) is 5.54. The molecular formula is C11H11Cl2N3. The number of nitrogens with zero attached hydrogens (tertiary/aromatic N) is 2. The zero-order valence-corrected chi connectivity index (χ0v) is 10.2. The van der Waals surface area contributed by atoms with Gasteiger partial charge in [-0.05, 0) is 17.7 Å². The fourth-order valence-corrected chi connectivity index (χ4v) is 1.94. The van der Waals surface area contributed by atoms with Crippen LogP contribution in [0.25, 0.3) is 0 Å². The SMILES string of the molecule is Cn1ccc(C(N)c2cccc(Cl)c2Cl)n1. The van der Waals surface area contributed by atoms with Gasteiger partial charge in [-0.3, -0.25) is 4.68 Å². The molecule has 1 atom stereocenters. The summed E-state index contributed by atoms with van der Waals surface area (Å²) in [7, 11) is 1.84. The van der Waals surface area contributed by atoms with E-state index in [0.29, 0.717) is 10.0 Å². The van der Waals surface area contributed by atoms with Crippen molar-refractivity contribution in [1.29, 1.82) is 0 Å². The molecule has 2 N–H and O–H groups in total. The molecule has 0 bridgehead atoms. The van der Waals surface area contributed by atoms with Crippen LogP contribution in [-0.2, 0) is 7.05 Å². The Morgan fingerprint density at radius 2 is 2.06 bits per heavy atom. The molecule has 0 aliphatic heterocycles. The van der Waals surface area contributed by atoms with Gasteiger partial charge in [-0.1, -0.05) is 35.3 Å². The first-order chi connectivity index (χ1) is 7.59. The predicted octanol–water partition coefficient (Wildman–Crippen LogP) is 2.78. The van der Waals surface area contributed by atoms with Crippen LogP contribution >= 0.6 is 23.2 Å². The minimum atomic E-state index is -0.354. The Labute approximate surface area is 104 Å². The Bertz CT molecular complexity index is 508. The van der Waals surface area contributed by atoms with E-state index in [1.165, 1.54) is 0 Å². The van der Waals surface area contributed by atoms with Crippen molar-refractivity contribution in [2.45, 2.75) is 6.04 Å². The third-order valence-electron chi connectivity index (χ3n) is 2.37. The fourth-order valence-electron chi connectivity index (χ4n) is 1.52. The zero-order chi connectivity index (χ0) is 11.7. The number of nitrogens with two attached hydrogens (primary N) is 1. The van der Waals surface area contributed by atoms with Gasteiger partial charge in [0, 0.05) is 13.2 Å². The lowest BCUT2D eigenvalue weighted by atomic mass is 10.1. The summed E-state index contributed by atoms with van der Waals surface area (Å²) >= 11 is 12.0. The van der Waals surface area contributed by atoms with E-state index in [-0.39, 0.29) is 6.04 Å². The normalized spacial score (nSPS) is 12.8. The van der Waals surface area contributed by atoms with Crippen LogP contribution in [-0.4, -0.2) is 9.78 Å². The van der Waals surface area contributed by atoms with Gasteiger partial charge in [0.25, 0.3) is 0 Å². The van der Waals surface area contributed by atoms with Gasteiger partial charge in [0.15, 0.2) is 0 Å². The van der Waals surface area contributed by atoms with Crippen LogP contribution < -0.4 is 5.73 Å². The topological polar surface area (TPSA) is 43.8 Å². The lowest BCUT2D eigenvalue weighted by Crippen LogP contribution is -2.13. The van der Waals surface area contributed by atoms with Gasteiger partial charge in [0.1, 0.15) is 0 Å². The van der Waals surface area contributed by atoms with Crippen LogP contribution in [0.15, 0.2) is 30.5 Å². The van der Waals surface area contributed by atoms with Crippen molar-refractivity contribution < 1.29 is 0 Å². The van der Waals surface area contributed by atoms with E-state index >= 15 is 0 Å². The van der Waals surface area contributed by atoms with Crippen LogP contribution in [0.2, 0.25) is 10.0 Å². The maximum atomic E-state index is 6.10. The molecule has 2 rings (SSSR count). The van der Waals surface area contributed by atoms with Gasteiger partial charge in [-0.2, -0.15) is 5.10 Å². The Balaban J connectivity index is 2.41. The van der Waals surface area contributed by atoms with E-state index in [4.69, 9.17) is 28.9 Å². The summed E-state index contributed by atoms with van der Waals surface area (Å²) in [5.74, 6) is 0. The molecule has 2 aromatic rings. The molecule has 3 nitrogen and oxygen atoms in total. The third kappa shape index (κ3) is 2.07. The number of halogens is 2. The van der Waals surface area contributed by atoms with Crippen molar-refractivity contribution in [2.24, 2.45) is 12.8 Å². The number of aryl methyl sites for hydroxylation is 1. The number of hydrogen-bond acceptors (Lipinski definition) is 2. The van der Waals surface area contributed by atoms with Crippen LogP contribution in [0.5, 0.6) is 0 Å². The monoisotopic (exact) mass is 255 g/mol. The number of benzene rings is 1. The van der Waals surface area contributed by atoms with Crippen molar-refractivity contribution in [3.8, 4) is 0 Å². The van der Waals surface area contributed by atoms with Gasteiger partial charge in [0.05, 0.1) is 21.8 Å². The highest BCUT2D eigenvalue weighted by Gasteiger charge is 2.16. The molecule has 5 heteroatoms. The summed E-state index contributed by atoms with van der Waals surface area (Å²) in [5.41, 5.74) is 7.64. The molecule has 1 heterocycles. The Morgan fingerprint density at radius 1 is 1.31 bits per heavy atom. The van der Waals surface area contributed by atoms with Crippen molar-refractivity contribution in [2.75, 3.05) is 0 Å². The van der Waals surface area contributed by atoms with E-state index in [2.05, 4.69) is 5.10 Å². The van der Waals surface area contributed by atoms with E-state index in [0.717, 1.165) is 11.3 Å². The molecule has 84 valence electrons. The Morgan fingerprint density at radius 3 is 2.69 bits per heavy atom. The van der Waals surface area contributed by atoms with Crippen molar-refractivity contribution in [1.82, 2.24) is 9.78 Å². The number of rotatable bonds is 2. The largest absolute Gasteiger partial charge is 0.319 e. The summed E-state index contributed by atoms with van der Waals surface area (Å²) in [4.78, 5) is 0. The first-order valence-electron chi connectivity index (χ1n) is 4.78. The van der Waals surface area contributed by atoms with Crippen LogP contribution in [0.1, 0.15) is 17.3 Å². The molecular weight excluding hydrogens is 245 g/mol. The quantitative estimate of drug-likeness (QED) is 0.897. The maximum Gasteiger partial charge on any atom is 0.0837 e. The van der Waals surface area contributed by atoms with E-state index < -0.39 is 0 Å². The molecule has 0 fully saturated rings. The second kappa shape index (κ2) is 4.45. The minimum Gasteiger partial charge on any atom is -0.319 e. The average Bonchev–Trinajstić information content (AvgIpc) is 2.68. The number of aromatic nitrogens is 2. The fraction of sp³-hybridized carbons (Fsp3) is 0.182. The van der Waals surface area contributed by atoms with Crippen LogP contribution in [0.4, 0.5) is 0 Å². The van der Waals surface area contributed by atoms with Gasteiger partial charge in [-0.25, -0.2) is 0 Å². The van der Waals surface area contributed by atoms with Crippen molar-refractivity contribution in [3.05, 3.63) is 51.8 Å².